The molecule has 3 nitrogen and oxygen atoms in total. The second-order valence-corrected chi connectivity index (χ2v) is 7.50. The summed E-state index contributed by atoms with van der Waals surface area (Å²) in [4.78, 5) is 7.98. The Bertz CT molecular complexity index is 989. The first-order chi connectivity index (χ1) is 12.5. The molecule has 0 aliphatic rings. The van der Waals surface area contributed by atoms with E-state index < -0.39 is 0 Å². The van der Waals surface area contributed by atoms with Crippen molar-refractivity contribution >= 4 is 11.0 Å². The van der Waals surface area contributed by atoms with Crippen molar-refractivity contribution in [1.29, 1.82) is 0 Å². The summed E-state index contributed by atoms with van der Waals surface area (Å²) in [6, 6.07) is 24.3. The van der Waals surface area contributed by atoms with Crippen LogP contribution in [0.25, 0.3) is 22.4 Å². The molecule has 0 saturated heterocycles. The minimum absolute atomic E-state index is 0.146. The van der Waals surface area contributed by atoms with Gasteiger partial charge < -0.3 is 9.72 Å². The van der Waals surface area contributed by atoms with Gasteiger partial charge in [0.15, 0.2) is 0 Å². The number of nitrogens with zero attached hydrogens (tertiary/aromatic N) is 1. The van der Waals surface area contributed by atoms with Crippen LogP contribution in [-0.4, -0.2) is 9.97 Å². The van der Waals surface area contributed by atoms with E-state index in [1.807, 2.05) is 60.7 Å². The van der Waals surface area contributed by atoms with Gasteiger partial charge in [0.05, 0.1) is 11.0 Å². The number of hydrogen-bond donors (Lipinski definition) is 1. The first-order valence-corrected chi connectivity index (χ1v) is 8.83. The molecule has 0 amide bonds. The van der Waals surface area contributed by atoms with Crippen LogP contribution in [0, 0.1) is 0 Å². The number of rotatable bonds is 3. The molecule has 0 bridgehead atoms. The maximum Gasteiger partial charge on any atom is 0.138 e. The van der Waals surface area contributed by atoms with Crippen LogP contribution in [0.4, 0.5) is 0 Å². The van der Waals surface area contributed by atoms with Gasteiger partial charge in [-0.25, -0.2) is 4.98 Å². The smallest absolute Gasteiger partial charge is 0.138 e. The van der Waals surface area contributed by atoms with Gasteiger partial charge >= 0.3 is 0 Å². The number of aromatic nitrogens is 2. The van der Waals surface area contributed by atoms with E-state index in [9.17, 15) is 0 Å². The van der Waals surface area contributed by atoms with E-state index >= 15 is 0 Å². The molecule has 4 aromatic rings. The number of para-hydroxylation sites is 2. The number of aromatic amines is 1. The summed E-state index contributed by atoms with van der Waals surface area (Å²) >= 11 is 0. The Labute approximate surface area is 153 Å². The molecule has 0 aliphatic carbocycles. The molecule has 130 valence electrons. The lowest BCUT2D eigenvalue weighted by Crippen LogP contribution is -2.10. The van der Waals surface area contributed by atoms with Gasteiger partial charge in [-0.15, -0.1) is 0 Å². The maximum absolute atomic E-state index is 5.97. The van der Waals surface area contributed by atoms with Crippen LogP contribution >= 0.6 is 0 Å². The van der Waals surface area contributed by atoms with Gasteiger partial charge in [-0.1, -0.05) is 45.0 Å². The molecule has 1 heterocycles. The monoisotopic (exact) mass is 342 g/mol. The Balaban J connectivity index is 1.52. The molecule has 0 radical (unpaired) electrons. The van der Waals surface area contributed by atoms with E-state index in [2.05, 4.69) is 42.9 Å². The van der Waals surface area contributed by atoms with Crippen LogP contribution in [0.3, 0.4) is 0 Å². The number of nitrogens with one attached hydrogen (secondary N) is 1. The van der Waals surface area contributed by atoms with Crippen molar-refractivity contribution < 1.29 is 4.74 Å². The zero-order chi connectivity index (χ0) is 18.1. The Morgan fingerprint density at radius 2 is 1.38 bits per heavy atom. The van der Waals surface area contributed by atoms with E-state index in [0.29, 0.717) is 0 Å². The molecule has 3 aromatic carbocycles. The zero-order valence-electron chi connectivity index (χ0n) is 15.3. The van der Waals surface area contributed by atoms with E-state index in [-0.39, 0.29) is 5.41 Å². The highest BCUT2D eigenvalue weighted by atomic mass is 16.5. The third-order valence-corrected chi connectivity index (χ3v) is 4.47. The molecule has 0 aliphatic heterocycles. The number of ether oxygens (including phenoxy) is 1. The van der Waals surface area contributed by atoms with Gasteiger partial charge in [0.2, 0.25) is 0 Å². The fourth-order valence-electron chi connectivity index (χ4n) is 2.93. The Morgan fingerprint density at radius 3 is 2.00 bits per heavy atom. The van der Waals surface area contributed by atoms with Crippen molar-refractivity contribution in [2.24, 2.45) is 0 Å². The summed E-state index contributed by atoms with van der Waals surface area (Å²) in [5, 5.41) is 0. The van der Waals surface area contributed by atoms with Crippen LogP contribution in [0.1, 0.15) is 26.3 Å². The normalized spacial score (nSPS) is 11.7. The molecular weight excluding hydrogens is 320 g/mol. The molecule has 0 saturated carbocycles. The van der Waals surface area contributed by atoms with Crippen LogP contribution in [0.15, 0.2) is 72.8 Å². The zero-order valence-corrected chi connectivity index (χ0v) is 15.3. The quantitative estimate of drug-likeness (QED) is 0.473. The summed E-state index contributed by atoms with van der Waals surface area (Å²) in [6.07, 6.45) is 0. The lowest BCUT2D eigenvalue weighted by Gasteiger charge is -2.19. The molecule has 0 atom stereocenters. The standard InChI is InChI=1S/C23H22N2O/c1-23(2,3)17-10-14-19(15-11-17)26-18-12-8-16(9-13-18)22-24-20-6-4-5-7-21(20)25-22/h4-15H,1-3H3,(H,24,25). The summed E-state index contributed by atoms with van der Waals surface area (Å²) < 4.78 is 5.97. The average Bonchev–Trinajstić information content (AvgIpc) is 3.06. The molecule has 3 heteroatoms. The molecule has 4 rings (SSSR count). The minimum Gasteiger partial charge on any atom is -0.457 e. The second-order valence-electron chi connectivity index (χ2n) is 7.50. The van der Waals surface area contributed by atoms with Crippen LogP contribution in [0.2, 0.25) is 0 Å². The van der Waals surface area contributed by atoms with Gasteiger partial charge in [0.1, 0.15) is 17.3 Å². The summed E-state index contributed by atoms with van der Waals surface area (Å²) in [7, 11) is 0. The molecule has 1 aromatic heterocycles. The predicted molar refractivity (Wildman–Crippen MR) is 107 cm³/mol. The Hall–Kier alpha value is -3.07. The number of imidazole rings is 1. The number of H-pyrrole nitrogens is 1. The first-order valence-electron chi connectivity index (χ1n) is 8.83. The van der Waals surface area contributed by atoms with E-state index in [4.69, 9.17) is 4.74 Å². The second kappa shape index (κ2) is 6.34. The van der Waals surface area contributed by atoms with Crippen molar-refractivity contribution in [1.82, 2.24) is 9.97 Å². The van der Waals surface area contributed by atoms with Crippen molar-refractivity contribution in [3.05, 3.63) is 78.4 Å². The van der Waals surface area contributed by atoms with Crippen molar-refractivity contribution in [3.63, 3.8) is 0 Å². The van der Waals surface area contributed by atoms with E-state index in [1.165, 1.54) is 5.56 Å². The molecule has 0 unspecified atom stereocenters. The van der Waals surface area contributed by atoms with Gasteiger partial charge in [0.25, 0.3) is 0 Å². The molecule has 0 spiro atoms. The number of fused-ring (bicyclic) bond motifs is 1. The average molecular weight is 342 g/mol. The topological polar surface area (TPSA) is 37.9 Å². The first kappa shape index (κ1) is 16.4. The lowest BCUT2D eigenvalue weighted by atomic mass is 9.87. The van der Waals surface area contributed by atoms with Gasteiger partial charge in [-0.05, 0) is 59.5 Å². The van der Waals surface area contributed by atoms with Gasteiger partial charge in [-0.3, -0.25) is 0 Å². The summed E-state index contributed by atoms with van der Waals surface area (Å²) in [5.74, 6) is 2.52. The molecule has 1 N–H and O–H groups in total. The van der Waals surface area contributed by atoms with Crippen LogP contribution < -0.4 is 4.74 Å². The fraction of sp³-hybridized carbons (Fsp3) is 0.174. The Morgan fingerprint density at radius 1 is 0.769 bits per heavy atom. The highest BCUT2D eigenvalue weighted by Gasteiger charge is 2.13. The Kier molecular flexibility index (Phi) is 4.00. The van der Waals surface area contributed by atoms with E-state index in [0.717, 1.165) is 33.9 Å². The van der Waals surface area contributed by atoms with Crippen LogP contribution in [0.5, 0.6) is 11.5 Å². The number of benzene rings is 3. The summed E-state index contributed by atoms with van der Waals surface area (Å²) in [5.41, 5.74) is 4.50. The number of hydrogen-bond acceptors (Lipinski definition) is 2. The molecule has 0 fully saturated rings. The van der Waals surface area contributed by atoms with Gasteiger partial charge in [-0.2, -0.15) is 0 Å². The highest BCUT2D eigenvalue weighted by Crippen LogP contribution is 2.28. The van der Waals surface area contributed by atoms with Gasteiger partial charge in [0, 0.05) is 5.56 Å². The highest BCUT2D eigenvalue weighted by molar-refractivity contribution is 5.79. The SMILES string of the molecule is CC(C)(C)c1ccc(Oc2ccc(-c3nc4ccccc4[nH]3)cc2)cc1. The largest absolute Gasteiger partial charge is 0.457 e. The maximum atomic E-state index is 5.97. The fourth-order valence-corrected chi connectivity index (χ4v) is 2.93. The van der Waals surface area contributed by atoms with Crippen LogP contribution in [-0.2, 0) is 5.41 Å². The van der Waals surface area contributed by atoms with E-state index in [1.54, 1.807) is 0 Å². The molecule has 26 heavy (non-hydrogen) atoms. The van der Waals surface area contributed by atoms with Crippen molar-refractivity contribution in [3.8, 4) is 22.9 Å². The lowest BCUT2D eigenvalue weighted by molar-refractivity contribution is 0.481. The summed E-state index contributed by atoms with van der Waals surface area (Å²) in [6.45, 7) is 6.62. The van der Waals surface area contributed by atoms with Crippen molar-refractivity contribution in [2.75, 3.05) is 0 Å². The van der Waals surface area contributed by atoms with Crippen molar-refractivity contribution in [2.45, 2.75) is 26.2 Å². The predicted octanol–water partition coefficient (Wildman–Crippen LogP) is 6.32. The third kappa shape index (κ3) is 3.33. The molecular formula is C23H22N2O. The minimum atomic E-state index is 0.146. The third-order valence-electron chi connectivity index (χ3n) is 4.47.